The van der Waals surface area contributed by atoms with E-state index in [4.69, 9.17) is 5.73 Å². The van der Waals surface area contributed by atoms with Gasteiger partial charge in [0.05, 0.1) is 11.9 Å². The van der Waals surface area contributed by atoms with Crippen molar-refractivity contribution in [2.75, 3.05) is 11.1 Å². The fraction of sp³-hybridized carbons (Fsp3) is 0.0909. The van der Waals surface area contributed by atoms with Crippen LogP contribution in [-0.2, 0) is 7.05 Å². The minimum absolute atomic E-state index is 0.196. The molecule has 0 radical (unpaired) electrons. The van der Waals surface area contributed by atoms with Gasteiger partial charge in [-0.2, -0.15) is 5.10 Å². The summed E-state index contributed by atoms with van der Waals surface area (Å²) in [4.78, 5) is 11.9. The van der Waals surface area contributed by atoms with E-state index in [0.29, 0.717) is 21.4 Å². The molecule has 5 nitrogen and oxygen atoms in total. The van der Waals surface area contributed by atoms with Gasteiger partial charge in [-0.1, -0.05) is 0 Å². The topological polar surface area (TPSA) is 72.9 Å². The zero-order valence-corrected chi connectivity index (χ0v) is 10.7. The summed E-state index contributed by atoms with van der Waals surface area (Å²) in [5, 5.41) is 6.71. The number of amides is 1. The molecular formula is C11H11BrN4O. The molecule has 0 bridgehead atoms. The van der Waals surface area contributed by atoms with Gasteiger partial charge in [-0.3, -0.25) is 9.48 Å². The van der Waals surface area contributed by atoms with Crippen LogP contribution >= 0.6 is 15.9 Å². The molecular weight excluding hydrogens is 284 g/mol. The predicted octanol–water partition coefficient (Wildman–Crippen LogP) is 2.02. The number of aryl methyl sites for hydroxylation is 1. The third-order valence-corrected chi connectivity index (χ3v) is 2.91. The van der Waals surface area contributed by atoms with Gasteiger partial charge >= 0.3 is 0 Å². The molecule has 0 fully saturated rings. The van der Waals surface area contributed by atoms with E-state index in [0.717, 1.165) is 0 Å². The lowest BCUT2D eigenvalue weighted by Gasteiger charge is -2.04. The maximum Gasteiger partial charge on any atom is 0.255 e. The van der Waals surface area contributed by atoms with E-state index in [1.165, 1.54) is 0 Å². The van der Waals surface area contributed by atoms with Gasteiger partial charge in [-0.15, -0.1) is 0 Å². The monoisotopic (exact) mass is 294 g/mol. The first-order valence-electron chi connectivity index (χ1n) is 4.91. The molecule has 0 aliphatic rings. The van der Waals surface area contributed by atoms with Crippen molar-refractivity contribution in [2.45, 2.75) is 0 Å². The molecule has 17 heavy (non-hydrogen) atoms. The lowest BCUT2D eigenvalue weighted by molar-refractivity contribution is 0.102. The molecule has 0 unspecified atom stereocenters. The predicted molar refractivity (Wildman–Crippen MR) is 69.7 cm³/mol. The Morgan fingerprint density at radius 3 is 2.88 bits per heavy atom. The number of rotatable bonds is 2. The number of halogens is 1. The van der Waals surface area contributed by atoms with Crippen LogP contribution in [0.4, 0.5) is 11.4 Å². The molecule has 2 aromatic rings. The van der Waals surface area contributed by atoms with Crippen LogP contribution in [0.2, 0.25) is 0 Å². The van der Waals surface area contributed by atoms with Gasteiger partial charge in [-0.05, 0) is 34.1 Å². The molecule has 0 saturated carbocycles. The van der Waals surface area contributed by atoms with Crippen LogP contribution in [0.5, 0.6) is 0 Å². The summed E-state index contributed by atoms with van der Waals surface area (Å²) < 4.78 is 2.32. The van der Waals surface area contributed by atoms with Gasteiger partial charge in [0.1, 0.15) is 0 Å². The summed E-state index contributed by atoms with van der Waals surface area (Å²) in [6.45, 7) is 0. The van der Waals surface area contributed by atoms with Crippen LogP contribution in [0.1, 0.15) is 10.4 Å². The zero-order chi connectivity index (χ0) is 12.4. The van der Waals surface area contributed by atoms with E-state index in [-0.39, 0.29) is 5.91 Å². The van der Waals surface area contributed by atoms with E-state index < -0.39 is 0 Å². The van der Waals surface area contributed by atoms with E-state index in [2.05, 4.69) is 26.3 Å². The van der Waals surface area contributed by atoms with Crippen molar-refractivity contribution in [1.29, 1.82) is 0 Å². The summed E-state index contributed by atoms with van der Waals surface area (Å²) in [6, 6.07) is 5.04. The second-order valence-electron chi connectivity index (χ2n) is 3.59. The highest BCUT2D eigenvalue weighted by molar-refractivity contribution is 9.10. The van der Waals surface area contributed by atoms with E-state index in [1.807, 2.05) is 0 Å². The van der Waals surface area contributed by atoms with Crippen molar-refractivity contribution in [3.63, 3.8) is 0 Å². The van der Waals surface area contributed by atoms with Crippen LogP contribution in [0.25, 0.3) is 0 Å². The Balaban J connectivity index is 2.17. The van der Waals surface area contributed by atoms with Crippen molar-refractivity contribution in [3.8, 4) is 0 Å². The molecule has 3 N–H and O–H groups in total. The number of carbonyl (C=O) groups is 1. The highest BCUT2D eigenvalue weighted by Crippen LogP contribution is 2.21. The Morgan fingerprint density at radius 1 is 1.53 bits per heavy atom. The lowest BCUT2D eigenvalue weighted by atomic mass is 10.2. The molecule has 1 heterocycles. The summed E-state index contributed by atoms with van der Waals surface area (Å²) in [5.41, 5.74) is 7.45. The molecule has 0 aliphatic heterocycles. The molecule has 0 saturated heterocycles. The second-order valence-corrected chi connectivity index (χ2v) is 4.45. The molecule has 1 amide bonds. The molecule has 1 aromatic heterocycles. The van der Waals surface area contributed by atoms with Crippen LogP contribution in [-0.4, -0.2) is 15.7 Å². The first kappa shape index (κ1) is 11.7. The Hall–Kier alpha value is -1.82. The van der Waals surface area contributed by atoms with E-state index in [1.54, 1.807) is 42.3 Å². The fourth-order valence-electron chi connectivity index (χ4n) is 1.36. The third-order valence-electron chi connectivity index (χ3n) is 2.23. The van der Waals surface area contributed by atoms with Crippen LogP contribution < -0.4 is 11.1 Å². The minimum atomic E-state index is -0.196. The highest BCUT2D eigenvalue weighted by atomic mass is 79.9. The first-order valence-corrected chi connectivity index (χ1v) is 5.70. The first-order chi connectivity index (χ1) is 8.06. The number of aromatic nitrogens is 2. The average molecular weight is 295 g/mol. The Kier molecular flexibility index (Phi) is 3.14. The number of benzene rings is 1. The normalized spacial score (nSPS) is 10.2. The van der Waals surface area contributed by atoms with Crippen LogP contribution in [0.15, 0.2) is 35.1 Å². The largest absolute Gasteiger partial charge is 0.398 e. The van der Waals surface area contributed by atoms with Gasteiger partial charge in [0.15, 0.2) is 0 Å². The van der Waals surface area contributed by atoms with Crippen molar-refractivity contribution >= 4 is 33.2 Å². The molecule has 0 atom stereocenters. The Labute approximate surface area is 107 Å². The standard InChI is InChI=1S/C11H11BrN4O/c1-16-6-8(5-14-16)15-11(17)7-2-3-10(13)9(12)4-7/h2-6H,13H2,1H3,(H,15,17). The molecule has 1 aromatic carbocycles. The molecule has 0 spiro atoms. The molecule has 0 aliphatic carbocycles. The number of nitrogens with zero attached hydrogens (tertiary/aromatic N) is 2. The van der Waals surface area contributed by atoms with Gasteiger partial charge in [-0.25, -0.2) is 0 Å². The summed E-state index contributed by atoms with van der Waals surface area (Å²) in [5.74, 6) is -0.196. The number of carbonyl (C=O) groups excluding carboxylic acids is 1. The molecule has 88 valence electrons. The lowest BCUT2D eigenvalue weighted by Crippen LogP contribution is -2.11. The highest BCUT2D eigenvalue weighted by Gasteiger charge is 2.08. The number of nitrogen functional groups attached to an aromatic ring is 1. The van der Waals surface area contributed by atoms with E-state index in [9.17, 15) is 4.79 Å². The maximum atomic E-state index is 11.9. The van der Waals surface area contributed by atoms with Gasteiger partial charge in [0.25, 0.3) is 5.91 Å². The van der Waals surface area contributed by atoms with Gasteiger partial charge in [0, 0.05) is 29.0 Å². The molecule has 6 heteroatoms. The minimum Gasteiger partial charge on any atom is -0.398 e. The van der Waals surface area contributed by atoms with Crippen LogP contribution in [0, 0.1) is 0 Å². The van der Waals surface area contributed by atoms with Gasteiger partial charge < -0.3 is 11.1 Å². The number of anilines is 2. The summed E-state index contributed by atoms with van der Waals surface area (Å²) >= 11 is 3.28. The number of nitrogens with two attached hydrogens (primary N) is 1. The molecule has 2 rings (SSSR count). The fourth-order valence-corrected chi connectivity index (χ4v) is 1.74. The Bertz CT molecular complexity index is 564. The number of nitrogens with one attached hydrogen (secondary N) is 1. The van der Waals surface area contributed by atoms with Crippen molar-refractivity contribution in [1.82, 2.24) is 9.78 Å². The number of hydrogen-bond acceptors (Lipinski definition) is 3. The Morgan fingerprint density at radius 2 is 2.29 bits per heavy atom. The van der Waals surface area contributed by atoms with Gasteiger partial charge in [0.2, 0.25) is 0 Å². The third kappa shape index (κ3) is 2.65. The smallest absolute Gasteiger partial charge is 0.255 e. The van der Waals surface area contributed by atoms with Crippen molar-refractivity contribution < 1.29 is 4.79 Å². The maximum absolute atomic E-state index is 11.9. The van der Waals surface area contributed by atoms with E-state index >= 15 is 0 Å². The number of hydrogen-bond donors (Lipinski definition) is 2. The summed E-state index contributed by atoms with van der Waals surface area (Å²) in [7, 11) is 1.79. The van der Waals surface area contributed by atoms with Crippen LogP contribution in [0.3, 0.4) is 0 Å². The quantitative estimate of drug-likeness (QED) is 0.832. The average Bonchev–Trinajstić information content (AvgIpc) is 2.68. The van der Waals surface area contributed by atoms with Crippen molar-refractivity contribution in [3.05, 3.63) is 40.6 Å². The summed E-state index contributed by atoms with van der Waals surface area (Å²) in [6.07, 6.45) is 3.31. The zero-order valence-electron chi connectivity index (χ0n) is 9.14. The SMILES string of the molecule is Cn1cc(NC(=O)c2ccc(N)c(Br)c2)cn1. The second kappa shape index (κ2) is 4.58. The van der Waals surface area contributed by atoms with Crippen molar-refractivity contribution in [2.24, 2.45) is 7.05 Å².